The third-order valence-electron chi connectivity index (χ3n) is 2.48. The number of rotatable bonds is 6. The fourth-order valence-corrected chi connectivity index (χ4v) is 1.80. The third-order valence-corrected chi connectivity index (χ3v) is 2.94. The van der Waals surface area contributed by atoms with Crippen molar-refractivity contribution in [3.05, 3.63) is 40.5 Å². The molecule has 0 bridgehead atoms. The van der Waals surface area contributed by atoms with E-state index in [2.05, 4.69) is 15.3 Å². The van der Waals surface area contributed by atoms with E-state index in [0.717, 1.165) is 0 Å². The zero-order valence-electron chi connectivity index (χ0n) is 11.1. The monoisotopic (exact) mass is 331 g/mol. The molecule has 1 aromatic carbocycles. The molecule has 0 spiro atoms. The molecule has 2 aromatic rings. The SMILES string of the molecule is COCCOc1cccc(F)c1Nc1nc(Cl)ncc1Cl. The Kier molecular flexibility index (Phi) is 5.55. The van der Waals surface area contributed by atoms with E-state index < -0.39 is 5.82 Å². The van der Waals surface area contributed by atoms with Crippen molar-refractivity contribution in [3.63, 3.8) is 0 Å². The minimum Gasteiger partial charge on any atom is -0.489 e. The summed E-state index contributed by atoms with van der Waals surface area (Å²) in [5.41, 5.74) is 0.116. The molecule has 8 heteroatoms. The van der Waals surface area contributed by atoms with Gasteiger partial charge in [0.25, 0.3) is 0 Å². The van der Waals surface area contributed by atoms with E-state index in [1.54, 1.807) is 13.2 Å². The molecule has 0 unspecified atom stereocenters. The Morgan fingerprint density at radius 3 is 2.86 bits per heavy atom. The summed E-state index contributed by atoms with van der Waals surface area (Å²) >= 11 is 11.7. The molecule has 2 rings (SSSR count). The highest BCUT2D eigenvalue weighted by Gasteiger charge is 2.13. The van der Waals surface area contributed by atoms with Crippen molar-refractivity contribution < 1.29 is 13.9 Å². The fraction of sp³-hybridized carbons (Fsp3) is 0.231. The standard InChI is InChI=1S/C13H12Cl2FN3O2/c1-20-5-6-21-10-4-2-3-9(16)11(10)18-12-8(14)7-17-13(15)19-12/h2-4,7H,5-6H2,1H3,(H,17,18,19). The summed E-state index contributed by atoms with van der Waals surface area (Å²) in [5.74, 6) is 0.00641. The summed E-state index contributed by atoms with van der Waals surface area (Å²) in [6.07, 6.45) is 1.32. The molecule has 0 saturated carbocycles. The molecule has 0 aliphatic heterocycles. The summed E-state index contributed by atoms with van der Waals surface area (Å²) in [6.45, 7) is 0.670. The number of aromatic nitrogens is 2. The van der Waals surface area contributed by atoms with Crippen LogP contribution in [-0.2, 0) is 4.74 Å². The first-order valence-corrected chi connectivity index (χ1v) is 6.72. The van der Waals surface area contributed by atoms with Crippen LogP contribution in [0.15, 0.2) is 24.4 Å². The maximum atomic E-state index is 14.0. The summed E-state index contributed by atoms with van der Waals surface area (Å²) in [4.78, 5) is 7.64. The molecule has 1 N–H and O–H groups in total. The van der Waals surface area contributed by atoms with Gasteiger partial charge in [0, 0.05) is 7.11 Å². The Balaban J connectivity index is 2.27. The van der Waals surface area contributed by atoms with Crippen molar-refractivity contribution in [1.82, 2.24) is 9.97 Å². The number of anilines is 2. The van der Waals surface area contributed by atoms with Gasteiger partial charge in [-0.3, -0.25) is 0 Å². The van der Waals surface area contributed by atoms with E-state index in [9.17, 15) is 4.39 Å². The lowest BCUT2D eigenvalue weighted by Crippen LogP contribution is -2.07. The van der Waals surface area contributed by atoms with Crippen molar-refractivity contribution in [2.24, 2.45) is 0 Å². The molecule has 0 amide bonds. The lowest BCUT2D eigenvalue weighted by atomic mass is 10.2. The van der Waals surface area contributed by atoms with Crippen LogP contribution in [0.1, 0.15) is 0 Å². The van der Waals surface area contributed by atoms with Gasteiger partial charge in [-0.15, -0.1) is 0 Å². The number of ether oxygens (including phenoxy) is 2. The highest BCUT2D eigenvalue weighted by atomic mass is 35.5. The molecular formula is C13H12Cl2FN3O2. The van der Waals surface area contributed by atoms with Crippen LogP contribution in [0.4, 0.5) is 15.9 Å². The second kappa shape index (κ2) is 7.40. The lowest BCUT2D eigenvalue weighted by Gasteiger charge is -2.14. The Morgan fingerprint density at radius 1 is 1.29 bits per heavy atom. The van der Waals surface area contributed by atoms with E-state index >= 15 is 0 Å². The second-order valence-electron chi connectivity index (χ2n) is 3.91. The van der Waals surface area contributed by atoms with E-state index in [1.165, 1.54) is 18.3 Å². The molecule has 5 nitrogen and oxygen atoms in total. The van der Waals surface area contributed by atoms with Crippen molar-refractivity contribution in [3.8, 4) is 5.75 Å². The van der Waals surface area contributed by atoms with Gasteiger partial charge < -0.3 is 14.8 Å². The number of hydrogen-bond donors (Lipinski definition) is 1. The first-order chi connectivity index (χ1) is 10.1. The van der Waals surface area contributed by atoms with Crippen LogP contribution >= 0.6 is 23.2 Å². The summed E-state index contributed by atoms with van der Waals surface area (Å²) < 4.78 is 24.3. The maximum Gasteiger partial charge on any atom is 0.224 e. The Bertz CT molecular complexity index is 628. The molecule has 1 aromatic heterocycles. The number of methoxy groups -OCH3 is 1. The van der Waals surface area contributed by atoms with E-state index in [0.29, 0.717) is 12.4 Å². The van der Waals surface area contributed by atoms with Crippen molar-refractivity contribution in [2.45, 2.75) is 0 Å². The molecule has 0 aliphatic rings. The summed E-state index contributed by atoms with van der Waals surface area (Å²) in [6, 6.07) is 4.46. The highest BCUT2D eigenvalue weighted by molar-refractivity contribution is 6.33. The van der Waals surface area contributed by atoms with Crippen molar-refractivity contribution >= 4 is 34.7 Å². The van der Waals surface area contributed by atoms with Gasteiger partial charge in [-0.25, -0.2) is 9.37 Å². The number of para-hydroxylation sites is 1. The largest absolute Gasteiger partial charge is 0.489 e. The third kappa shape index (κ3) is 4.17. The molecule has 0 aliphatic carbocycles. The van der Waals surface area contributed by atoms with Crippen molar-refractivity contribution in [2.75, 3.05) is 25.6 Å². The van der Waals surface area contributed by atoms with E-state index in [1.807, 2.05) is 0 Å². The Labute approximate surface area is 131 Å². The number of benzene rings is 1. The molecule has 0 atom stereocenters. The lowest BCUT2D eigenvalue weighted by molar-refractivity contribution is 0.146. The number of nitrogens with one attached hydrogen (secondary N) is 1. The van der Waals surface area contributed by atoms with Crippen LogP contribution in [0.25, 0.3) is 0 Å². The van der Waals surface area contributed by atoms with Crippen LogP contribution in [0.5, 0.6) is 5.75 Å². The average molecular weight is 332 g/mol. The second-order valence-corrected chi connectivity index (χ2v) is 4.66. The zero-order chi connectivity index (χ0) is 15.2. The first-order valence-electron chi connectivity index (χ1n) is 5.97. The van der Waals surface area contributed by atoms with Crippen LogP contribution in [-0.4, -0.2) is 30.3 Å². The van der Waals surface area contributed by atoms with Gasteiger partial charge in [0.2, 0.25) is 5.28 Å². The topological polar surface area (TPSA) is 56.3 Å². The normalized spacial score (nSPS) is 10.5. The summed E-state index contributed by atoms with van der Waals surface area (Å²) in [5, 5.41) is 2.98. The molecule has 112 valence electrons. The fourth-order valence-electron chi connectivity index (χ4n) is 1.53. The molecule has 0 radical (unpaired) electrons. The molecule has 0 fully saturated rings. The number of halogens is 3. The molecular weight excluding hydrogens is 320 g/mol. The zero-order valence-corrected chi connectivity index (χ0v) is 12.6. The van der Waals surface area contributed by atoms with Crippen molar-refractivity contribution in [1.29, 1.82) is 0 Å². The quantitative estimate of drug-likeness (QED) is 0.646. The number of hydrogen-bond acceptors (Lipinski definition) is 5. The minimum atomic E-state index is -0.504. The van der Waals surface area contributed by atoms with Gasteiger partial charge in [-0.1, -0.05) is 17.7 Å². The van der Waals surface area contributed by atoms with E-state index in [4.69, 9.17) is 32.7 Å². The van der Waals surface area contributed by atoms with Gasteiger partial charge in [0.15, 0.2) is 11.6 Å². The smallest absolute Gasteiger partial charge is 0.224 e. The predicted octanol–water partition coefficient (Wildman–Crippen LogP) is 3.69. The number of nitrogens with zero attached hydrogens (tertiary/aromatic N) is 2. The van der Waals surface area contributed by atoms with Gasteiger partial charge in [-0.2, -0.15) is 4.98 Å². The molecule has 1 heterocycles. The van der Waals surface area contributed by atoms with Gasteiger partial charge in [-0.05, 0) is 23.7 Å². The van der Waals surface area contributed by atoms with Gasteiger partial charge in [0.1, 0.15) is 23.1 Å². The average Bonchev–Trinajstić information content (AvgIpc) is 2.46. The first kappa shape index (κ1) is 15.8. The summed E-state index contributed by atoms with van der Waals surface area (Å²) in [7, 11) is 1.55. The predicted molar refractivity (Wildman–Crippen MR) is 79.1 cm³/mol. The molecule has 21 heavy (non-hydrogen) atoms. The van der Waals surface area contributed by atoms with Crippen LogP contribution in [0.3, 0.4) is 0 Å². The highest BCUT2D eigenvalue weighted by Crippen LogP contribution is 2.32. The maximum absolute atomic E-state index is 14.0. The Morgan fingerprint density at radius 2 is 2.10 bits per heavy atom. The molecule has 0 saturated heterocycles. The van der Waals surface area contributed by atoms with Gasteiger partial charge >= 0.3 is 0 Å². The minimum absolute atomic E-state index is 0.0000839. The van der Waals surface area contributed by atoms with Crippen LogP contribution in [0, 0.1) is 5.82 Å². The van der Waals surface area contributed by atoms with Gasteiger partial charge in [0.05, 0.1) is 12.8 Å². The van der Waals surface area contributed by atoms with E-state index in [-0.39, 0.29) is 28.4 Å². The van der Waals surface area contributed by atoms with Crippen LogP contribution < -0.4 is 10.1 Å². The van der Waals surface area contributed by atoms with Crippen LogP contribution in [0.2, 0.25) is 10.3 Å². The Hall–Kier alpha value is -1.63.